The van der Waals surface area contributed by atoms with Crippen molar-refractivity contribution in [2.45, 2.75) is 23.2 Å². The number of ether oxygens (including phenoxy) is 2. The first kappa shape index (κ1) is 19.9. The quantitative estimate of drug-likeness (QED) is 0.684. The zero-order chi connectivity index (χ0) is 20.7. The third-order valence-corrected chi connectivity index (χ3v) is 7.48. The predicted octanol–water partition coefficient (Wildman–Crippen LogP) is 3.87. The monoisotopic (exact) mass is 443 g/mol. The van der Waals surface area contributed by atoms with E-state index in [4.69, 9.17) is 21.7 Å². The van der Waals surface area contributed by atoms with Crippen molar-refractivity contribution in [3.05, 3.63) is 46.8 Å². The fourth-order valence-electron chi connectivity index (χ4n) is 4.25. The largest absolute Gasteiger partial charge is 0.497 e. The number of rotatable bonds is 6. The van der Waals surface area contributed by atoms with Gasteiger partial charge in [0.05, 0.1) is 25.6 Å². The Morgan fingerprint density at radius 1 is 1.27 bits per heavy atom. The Labute approximate surface area is 185 Å². The number of benzene rings is 1. The van der Waals surface area contributed by atoms with Gasteiger partial charge in [0.2, 0.25) is 5.88 Å². The van der Waals surface area contributed by atoms with E-state index < -0.39 is 0 Å². The normalized spacial score (nSPS) is 20.6. The first-order chi connectivity index (χ1) is 14.7. The van der Waals surface area contributed by atoms with Crippen molar-refractivity contribution < 1.29 is 14.6 Å². The van der Waals surface area contributed by atoms with Crippen LogP contribution in [0, 0.1) is 4.77 Å². The molecule has 8 heteroatoms. The van der Waals surface area contributed by atoms with Crippen LogP contribution in [-0.2, 0) is 11.3 Å². The van der Waals surface area contributed by atoms with E-state index >= 15 is 0 Å². The molecule has 1 aromatic carbocycles. The van der Waals surface area contributed by atoms with Gasteiger partial charge in [-0.2, -0.15) is 0 Å². The van der Waals surface area contributed by atoms with Crippen LogP contribution in [0.2, 0.25) is 0 Å². The number of morpholine rings is 1. The van der Waals surface area contributed by atoms with Crippen molar-refractivity contribution in [2.75, 3.05) is 40.0 Å². The number of imidazole rings is 1. The minimum atomic E-state index is 0.178. The first-order valence-corrected chi connectivity index (χ1v) is 11.5. The van der Waals surface area contributed by atoms with Gasteiger partial charge in [0.25, 0.3) is 0 Å². The zero-order valence-corrected chi connectivity index (χ0v) is 18.5. The van der Waals surface area contributed by atoms with Gasteiger partial charge in [-0.15, -0.1) is 0 Å². The molecule has 2 aromatic rings. The Bertz CT molecular complexity index is 1080. The molecule has 0 saturated carbocycles. The molecule has 1 fully saturated rings. The predicted molar refractivity (Wildman–Crippen MR) is 122 cm³/mol. The van der Waals surface area contributed by atoms with Crippen molar-refractivity contribution in [1.29, 1.82) is 0 Å². The molecule has 30 heavy (non-hydrogen) atoms. The molecule has 1 aliphatic carbocycles. The molecule has 1 atom stereocenters. The third kappa shape index (κ3) is 3.51. The lowest BCUT2D eigenvalue weighted by molar-refractivity contribution is 0.0368. The second kappa shape index (κ2) is 8.26. The van der Waals surface area contributed by atoms with Crippen molar-refractivity contribution in [1.82, 2.24) is 14.0 Å². The fourth-order valence-corrected chi connectivity index (χ4v) is 5.95. The zero-order valence-electron chi connectivity index (χ0n) is 16.9. The average molecular weight is 444 g/mol. The van der Waals surface area contributed by atoms with Crippen molar-refractivity contribution in [3.8, 4) is 11.6 Å². The molecule has 158 valence electrons. The van der Waals surface area contributed by atoms with E-state index in [1.165, 1.54) is 0 Å². The summed E-state index contributed by atoms with van der Waals surface area (Å²) in [5.41, 5.74) is 3.41. The molecule has 0 spiro atoms. The molecule has 6 nitrogen and oxygen atoms in total. The van der Waals surface area contributed by atoms with Gasteiger partial charge >= 0.3 is 0 Å². The Morgan fingerprint density at radius 3 is 2.90 bits per heavy atom. The number of hydrogen-bond acceptors (Lipinski definition) is 6. The van der Waals surface area contributed by atoms with Gasteiger partial charge in [-0.1, -0.05) is 30.0 Å². The highest BCUT2D eigenvalue weighted by atomic mass is 32.2. The highest BCUT2D eigenvalue weighted by Gasteiger charge is 2.35. The van der Waals surface area contributed by atoms with E-state index in [0.717, 1.165) is 73.4 Å². The molecule has 0 bridgehead atoms. The van der Waals surface area contributed by atoms with Gasteiger partial charge < -0.3 is 14.6 Å². The number of nitrogens with zero attached hydrogens (tertiary/aromatic N) is 3. The summed E-state index contributed by atoms with van der Waals surface area (Å²) in [5, 5.41) is 11.9. The number of aromatic hydroxyl groups is 1. The van der Waals surface area contributed by atoms with E-state index in [9.17, 15) is 5.11 Å². The summed E-state index contributed by atoms with van der Waals surface area (Å²) >= 11 is 7.42. The minimum absolute atomic E-state index is 0.178. The molecule has 5 rings (SSSR count). The van der Waals surface area contributed by atoms with Crippen LogP contribution in [0.25, 0.3) is 11.3 Å². The van der Waals surface area contributed by atoms with Gasteiger partial charge in [0.15, 0.2) is 4.77 Å². The van der Waals surface area contributed by atoms with Crippen molar-refractivity contribution in [3.63, 3.8) is 0 Å². The number of fused-ring (bicyclic) bond motifs is 3. The van der Waals surface area contributed by atoms with E-state index in [1.54, 1.807) is 18.9 Å². The molecular weight excluding hydrogens is 418 g/mol. The molecular formula is C22H25N3O3S2. The second-order valence-electron chi connectivity index (χ2n) is 7.67. The third-order valence-electron chi connectivity index (χ3n) is 5.86. The molecule has 1 unspecified atom stereocenters. The maximum Gasteiger partial charge on any atom is 0.225 e. The summed E-state index contributed by atoms with van der Waals surface area (Å²) in [4.78, 5) is 2.41. The van der Waals surface area contributed by atoms with Crippen molar-refractivity contribution in [2.24, 2.45) is 0 Å². The average Bonchev–Trinajstić information content (AvgIpc) is 3.40. The van der Waals surface area contributed by atoms with Crippen LogP contribution in [0.3, 0.4) is 0 Å². The van der Waals surface area contributed by atoms with E-state index in [-0.39, 0.29) is 5.25 Å². The topological polar surface area (TPSA) is 51.8 Å². The van der Waals surface area contributed by atoms with Gasteiger partial charge in [0.1, 0.15) is 10.8 Å². The van der Waals surface area contributed by atoms with Crippen LogP contribution in [0.5, 0.6) is 11.6 Å². The van der Waals surface area contributed by atoms with Crippen LogP contribution in [0.15, 0.2) is 41.4 Å². The molecule has 2 aliphatic heterocycles. The number of aromatic nitrogens is 2. The SMILES string of the molecule is COc1cccc(C2=CC3Sc4c(O)n(CCCN5CCOCC5)c(=S)n4C3=C2)c1. The molecule has 0 radical (unpaired) electrons. The van der Waals surface area contributed by atoms with E-state index in [0.29, 0.717) is 10.7 Å². The lowest BCUT2D eigenvalue weighted by atomic mass is 10.1. The summed E-state index contributed by atoms with van der Waals surface area (Å²) in [7, 11) is 1.68. The first-order valence-electron chi connectivity index (χ1n) is 10.2. The summed E-state index contributed by atoms with van der Waals surface area (Å²) in [6, 6.07) is 8.09. The maximum absolute atomic E-state index is 10.8. The lowest BCUT2D eigenvalue weighted by Crippen LogP contribution is -2.37. The summed E-state index contributed by atoms with van der Waals surface area (Å²) in [6.07, 6.45) is 5.36. The number of allylic oxidation sites excluding steroid dienone is 2. The highest BCUT2D eigenvalue weighted by Crippen LogP contribution is 2.50. The van der Waals surface area contributed by atoms with Crippen LogP contribution < -0.4 is 4.74 Å². The van der Waals surface area contributed by atoms with E-state index in [1.807, 2.05) is 27.3 Å². The number of hydrogen-bond donors (Lipinski definition) is 1. The summed E-state index contributed by atoms with van der Waals surface area (Å²) in [6.45, 7) is 5.28. The van der Waals surface area contributed by atoms with Crippen LogP contribution in [0.1, 0.15) is 12.0 Å². The highest BCUT2D eigenvalue weighted by molar-refractivity contribution is 8.00. The molecule has 3 heterocycles. The Balaban J connectivity index is 1.35. The van der Waals surface area contributed by atoms with Crippen LogP contribution in [-0.4, -0.2) is 64.3 Å². The van der Waals surface area contributed by atoms with Crippen molar-refractivity contribution >= 4 is 35.2 Å². The number of methoxy groups -OCH3 is 1. The minimum Gasteiger partial charge on any atom is -0.497 e. The van der Waals surface area contributed by atoms with Gasteiger partial charge in [-0.3, -0.25) is 14.0 Å². The lowest BCUT2D eigenvalue weighted by Gasteiger charge is -2.26. The summed E-state index contributed by atoms with van der Waals surface area (Å²) in [5.74, 6) is 1.14. The van der Waals surface area contributed by atoms with Crippen LogP contribution in [0.4, 0.5) is 0 Å². The Morgan fingerprint density at radius 2 is 2.10 bits per heavy atom. The number of thioether (sulfide) groups is 1. The Hall–Kier alpha value is -2.00. The van der Waals surface area contributed by atoms with Gasteiger partial charge in [-0.25, -0.2) is 0 Å². The Kier molecular flexibility index (Phi) is 5.49. The van der Waals surface area contributed by atoms with Gasteiger partial charge in [-0.05, 0) is 48.0 Å². The van der Waals surface area contributed by atoms with Crippen LogP contribution >= 0.6 is 24.0 Å². The van der Waals surface area contributed by atoms with E-state index in [2.05, 4.69) is 23.1 Å². The van der Waals surface area contributed by atoms with Gasteiger partial charge in [0, 0.05) is 31.9 Å². The molecule has 0 amide bonds. The molecule has 1 saturated heterocycles. The molecule has 1 aromatic heterocycles. The maximum atomic E-state index is 10.8. The second-order valence-corrected chi connectivity index (χ2v) is 9.16. The fraction of sp³-hybridized carbons (Fsp3) is 0.409. The molecule has 3 aliphatic rings. The smallest absolute Gasteiger partial charge is 0.225 e. The summed E-state index contributed by atoms with van der Waals surface area (Å²) < 4.78 is 15.4. The standard InChI is InChI=1S/C22H25N3O3S2/c1-27-17-5-2-4-15(12-17)16-13-18-19(14-16)30-21-20(26)24(22(29)25(18)21)7-3-6-23-8-10-28-11-9-23/h2,4-5,12-14,19,26H,3,6-11H2,1H3. The molecule has 1 N–H and O–H groups in total.